The van der Waals surface area contributed by atoms with Gasteiger partial charge in [0, 0.05) is 36.0 Å². The maximum absolute atomic E-state index is 9.14. The zero-order chi connectivity index (χ0) is 12.7. The first-order valence-electron chi connectivity index (χ1n) is 6.15. The Balaban J connectivity index is 2.71. The Hall–Kier alpha value is -0.450. The van der Waals surface area contributed by atoms with E-state index in [0.29, 0.717) is 6.04 Å². The van der Waals surface area contributed by atoms with Crippen LogP contribution in [0.1, 0.15) is 32.3 Å². The molecule has 0 bridgehead atoms. The molecule has 1 aromatic rings. The Labute approximate surface area is 112 Å². The van der Waals surface area contributed by atoms with Crippen LogP contribution in [0.15, 0.2) is 22.9 Å². The average Bonchev–Trinajstić information content (AvgIpc) is 2.31. The first-order chi connectivity index (χ1) is 8.21. The van der Waals surface area contributed by atoms with Crippen molar-refractivity contribution >= 4 is 15.9 Å². The lowest BCUT2D eigenvalue weighted by molar-refractivity contribution is 0.136. The molecule has 4 heteroatoms. The molecule has 0 aliphatic rings. The summed E-state index contributed by atoms with van der Waals surface area (Å²) < 4.78 is 1.00. The topological polar surface area (TPSA) is 36.4 Å². The van der Waals surface area contributed by atoms with E-state index in [2.05, 4.69) is 45.7 Å². The van der Waals surface area contributed by atoms with Crippen molar-refractivity contribution in [3.05, 3.63) is 28.5 Å². The zero-order valence-electron chi connectivity index (χ0n) is 10.6. The van der Waals surface area contributed by atoms with Crippen molar-refractivity contribution in [2.24, 2.45) is 0 Å². The van der Waals surface area contributed by atoms with Crippen molar-refractivity contribution in [1.29, 1.82) is 0 Å². The summed E-state index contributed by atoms with van der Waals surface area (Å²) in [4.78, 5) is 6.50. The molecule has 0 amide bonds. The first-order valence-corrected chi connectivity index (χ1v) is 6.94. The van der Waals surface area contributed by atoms with E-state index in [9.17, 15) is 0 Å². The number of nitrogens with zero attached hydrogens (tertiary/aromatic N) is 2. The Morgan fingerprint density at radius 3 is 2.59 bits per heavy atom. The second kappa shape index (κ2) is 7.80. The molecule has 0 radical (unpaired) electrons. The quantitative estimate of drug-likeness (QED) is 0.841. The van der Waals surface area contributed by atoms with Crippen molar-refractivity contribution in [2.75, 3.05) is 13.2 Å². The van der Waals surface area contributed by atoms with Gasteiger partial charge in [0.2, 0.25) is 0 Å². The Morgan fingerprint density at radius 2 is 2.06 bits per heavy atom. The average molecular weight is 301 g/mol. The molecular formula is C13H21BrN2O. The van der Waals surface area contributed by atoms with Gasteiger partial charge in [0.15, 0.2) is 0 Å². The third kappa shape index (κ3) is 4.74. The van der Waals surface area contributed by atoms with Crippen LogP contribution in [0.25, 0.3) is 0 Å². The van der Waals surface area contributed by atoms with Gasteiger partial charge >= 0.3 is 0 Å². The van der Waals surface area contributed by atoms with Crippen LogP contribution in [0.3, 0.4) is 0 Å². The van der Waals surface area contributed by atoms with Crippen LogP contribution in [0, 0.1) is 0 Å². The molecule has 1 aromatic heterocycles. The SMILES string of the molecule is CCC(CC)N(CCO)Cc1cncc(Br)c1. The molecule has 0 saturated carbocycles. The van der Waals surface area contributed by atoms with Crippen molar-refractivity contribution < 1.29 is 5.11 Å². The van der Waals surface area contributed by atoms with Gasteiger partial charge in [-0.2, -0.15) is 0 Å². The number of aliphatic hydroxyl groups is 1. The van der Waals surface area contributed by atoms with Gasteiger partial charge in [-0.1, -0.05) is 13.8 Å². The van der Waals surface area contributed by atoms with E-state index in [-0.39, 0.29) is 6.61 Å². The molecule has 1 heterocycles. The van der Waals surface area contributed by atoms with Crippen LogP contribution in [0.5, 0.6) is 0 Å². The third-order valence-corrected chi connectivity index (χ3v) is 3.43. The second-order valence-corrected chi connectivity index (χ2v) is 5.09. The highest BCUT2D eigenvalue weighted by Crippen LogP contribution is 2.15. The predicted molar refractivity (Wildman–Crippen MR) is 73.8 cm³/mol. The fraction of sp³-hybridized carbons (Fsp3) is 0.615. The molecule has 96 valence electrons. The van der Waals surface area contributed by atoms with Crippen LogP contribution in [-0.4, -0.2) is 34.2 Å². The van der Waals surface area contributed by atoms with Gasteiger partial charge in [0.05, 0.1) is 6.61 Å². The molecule has 0 unspecified atom stereocenters. The molecule has 0 aromatic carbocycles. The molecule has 1 N–H and O–H groups in total. The molecule has 1 rings (SSSR count). The van der Waals surface area contributed by atoms with Crippen molar-refractivity contribution in [1.82, 2.24) is 9.88 Å². The van der Waals surface area contributed by atoms with Crippen molar-refractivity contribution in [3.8, 4) is 0 Å². The summed E-state index contributed by atoms with van der Waals surface area (Å²) in [6.45, 7) is 6.16. The number of aromatic nitrogens is 1. The van der Waals surface area contributed by atoms with E-state index >= 15 is 0 Å². The van der Waals surface area contributed by atoms with Gasteiger partial charge in [0.25, 0.3) is 0 Å². The van der Waals surface area contributed by atoms with Crippen molar-refractivity contribution in [2.45, 2.75) is 39.3 Å². The molecule has 0 atom stereocenters. The minimum absolute atomic E-state index is 0.206. The fourth-order valence-electron chi connectivity index (χ4n) is 2.10. The zero-order valence-corrected chi connectivity index (χ0v) is 12.2. The smallest absolute Gasteiger partial charge is 0.0558 e. The summed E-state index contributed by atoms with van der Waals surface area (Å²) in [7, 11) is 0. The minimum atomic E-state index is 0.206. The maximum Gasteiger partial charge on any atom is 0.0558 e. The van der Waals surface area contributed by atoms with E-state index in [1.165, 1.54) is 5.56 Å². The van der Waals surface area contributed by atoms with Crippen LogP contribution in [0.2, 0.25) is 0 Å². The molecule has 0 aliphatic heterocycles. The third-order valence-electron chi connectivity index (χ3n) is 2.99. The van der Waals surface area contributed by atoms with Gasteiger partial charge in [-0.05, 0) is 40.4 Å². The maximum atomic E-state index is 9.14. The standard InChI is InChI=1S/C13H21BrN2O/c1-3-13(4-2)16(5-6-17)10-11-7-12(14)9-15-8-11/h7-9,13,17H,3-6,10H2,1-2H3. The van der Waals surface area contributed by atoms with Crippen LogP contribution in [-0.2, 0) is 6.54 Å². The molecule has 0 aliphatic carbocycles. The number of aliphatic hydroxyl groups excluding tert-OH is 1. The van der Waals surface area contributed by atoms with E-state index < -0.39 is 0 Å². The Bertz CT molecular complexity index is 329. The van der Waals surface area contributed by atoms with Crippen LogP contribution < -0.4 is 0 Å². The van der Waals surface area contributed by atoms with Crippen molar-refractivity contribution in [3.63, 3.8) is 0 Å². The highest BCUT2D eigenvalue weighted by molar-refractivity contribution is 9.10. The Morgan fingerprint density at radius 1 is 1.35 bits per heavy atom. The molecule has 3 nitrogen and oxygen atoms in total. The summed E-state index contributed by atoms with van der Waals surface area (Å²) in [5.74, 6) is 0. The lowest BCUT2D eigenvalue weighted by Crippen LogP contribution is -2.36. The number of halogens is 1. The fourth-order valence-corrected chi connectivity index (χ4v) is 2.51. The summed E-state index contributed by atoms with van der Waals surface area (Å²) >= 11 is 3.43. The first kappa shape index (κ1) is 14.6. The molecular weight excluding hydrogens is 280 g/mol. The highest BCUT2D eigenvalue weighted by Gasteiger charge is 2.14. The van der Waals surface area contributed by atoms with Gasteiger partial charge in [-0.3, -0.25) is 9.88 Å². The summed E-state index contributed by atoms with van der Waals surface area (Å²) in [5, 5.41) is 9.14. The number of pyridine rings is 1. The molecule has 0 spiro atoms. The number of rotatable bonds is 7. The van der Waals surface area contributed by atoms with Crippen LogP contribution in [0.4, 0.5) is 0 Å². The molecule has 0 saturated heterocycles. The van der Waals surface area contributed by atoms with Gasteiger partial charge in [-0.15, -0.1) is 0 Å². The van der Waals surface area contributed by atoms with Gasteiger partial charge in [-0.25, -0.2) is 0 Å². The van der Waals surface area contributed by atoms with E-state index in [4.69, 9.17) is 5.11 Å². The lowest BCUT2D eigenvalue weighted by atomic mass is 10.1. The molecule has 0 fully saturated rings. The number of hydrogen-bond donors (Lipinski definition) is 1. The summed E-state index contributed by atoms with van der Waals surface area (Å²) in [6.07, 6.45) is 5.89. The summed E-state index contributed by atoms with van der Waals surface area (Å²) in [5.41, 5.74) is 1.18. The lowest BCUT2D eigenvalue weighted by Gasteiger charge is -2.29. The highest BCUT2D eigenvalue weighted by atomic mass is 79.9. The predicted octanol–water partition coefficient (Wildman–Crippen LogP) is 2.83. The summed E-state index contributed by atoms with van der Waals surface area (Å²) in [6, 6.07) is 2.61. The minimum Gasteiger partial charge on any atom is -0.395 e. The molecule has 17 heavy (non-hydrogen) atoms. The van der Waals surface area contributed by atoms with E-state index in [1.807, 2.05) is 6.20 Å². The van der Waals surface area contributed by atoms with Gasteiger partial charge in [0.1, 0.15) is 0 Å². The van der Waals surface area contributed by atoms with Crippen LogP contribution >= 0.6 is 15.9 Å². The number of hydrogen-bond acceptors (Lipinski definition) is 3. The van der Waals surface area contributed by atoms with E-state index in [1.54, 1.807) is 6.20 Å². The van der Waals surface area contributed by atoms with Gasteiger partial charge < -0.3 is 5.11 Å². The second-order valence-electron chi connectivity index (χ2n) is 4.18. The largest absolute Gasteiger partial charge is 0.395 e. The normalized spacial score (nSPS) is 11.4. The monoisotopic (exact) mass is 300 g/mol. The Kier molecular flexibility index (Phi) is 6.70. The van der Waals surface area contributed by atoms with E-state index in [0.717, 1.165) is 30.4 Å².